The van der Waals surface area contributed by atoms with Gasteiger partial charge in [-0.2, -0.15) is 0 Å². The van der Waals surface area contributed by atoms with E-state index < -0.39 is 0 Å². The molecule has 1 atom stereocenters. The Balaban J connectivity index is 1.91. The third-order valence-corrected chi connectivity index (χ3v) is 3.79. The Kier molecular flexibility index (Phi) is 2.99. The number of rotatable bonds is 1. The summed E-state index contributed by atoms with van der Waals surface area (Å²) in [6, 6.07) is -0.0757. The van der Waals surface area contributed by atoms with E-state index in [9.17, 15) is 4.79 Å². The van der Waals surface area contributed by atoms with Gasteiger partial charge in [0.25, 0.3) is 0 Å². The van der Waals surface area contributed by atoms with Crippen molar-refractivity contribution in [1.82, 2.24) is 5.32 Å². The van der Waals surface area contributed by atoms with Gasteiger partial charge in [-0.3, -0.25) is 4.79 Å². The third-order valence-electron chi connectivity index (χ3n) is 3.79. The van der Waals surface area contributed by atoms with E-state index in [0.717, 1.165) is 13.0 Å². The predicted molar refractivity (Wildman–Crippen MR) is 63.2 cm³/mol. The summed E-state index contributed by atoms with van der Waals surface area (Å²) in [6.07, 6.45) is 6.14. The van der Waals surface area contributed by atoms with Crippen LogP contribution in [0.25, 0.3) is 0 Å². The van der Waals surface area contributed by atoms with Gasteiger partial charge in [0.15, 0.2) is 0 Å². The normalized spacial score (nSPS) is 28.6. The first-order chi connectivity index (χ1) is 7.40. The number of esters is 1. The van der Waals surface area contributed by atoms with Gasteiger partial charge in [0.05, 0.1) is 0 Å². The van der Waals surface area contributed by atoms with Gasteiger partial charge >= 0.3 is 5.97 Å². The molecule has 0 aromatic heterocycles. The Morgan fingerprint density at radius 2 is 2.00 bits per heavy atom. The summed E-state index contributed by atoms with van der Waals surface area (Å²) >= 11 is 0. The van der Waals surface area contributed by atoms with Gasteiger partial charge in [-0.1, -0.05) is 6.42 Å². The molecule has 1 heterocycles. The highest BCUT2D eigenvalue weighted by atomic mass is 16.6. The number of hydrogen-bond donors (Lipinski definition) is 1. The van der Waals surface area contributed by atoms with Crippen LogP contribution in [0.1, 0.15) is 52.9 Å². The monoisotopic (exact) mass is 225 g/mol. The molecule has 92 valence electrons. The second-order valence-corrected chi connectivity index (χ2v) is 6.35. The van der Waals surface area contributed by atoms with Crippen molar-refractivity contribution >= 4 is 5.97 Å². The lowest BCUT2D eigenvalue weighted by atomic mass is 9.62. The summed E-state index contributed by atoms with van der Waals surface area (Å²) in [5.41, 5.74) is 0.0931. The second-order valence-electron chi connectivity index (χ2n) is 6.35. The van der Waals surface area contributed by atoms with Gasteiger partial charge in [0, 0.05) is 0 Å². The molecule has 1 saturated heterocycles. The molecule has 1 unspecified atom stereocenters. The van der Waals surface area contributed by atoms with E-state index in [1.54, 1.807) is 0 Å². The highest BCUT2D eigenvalue weighted by Gasteiger charge is 2.43. The zero-order valence-corrected chi connectivity index (χ0v) is 10.6. The van der Waals surface area contributed by atoms with E-state index >= 15 is 0 Å². The van der Waals surface area contributed by atoms with Crippen LogP contribution in [-0.2, 0) is 9.53 Å². The largest absolute Gasteiger partial charge is 0.459 e. The molecule has 0 radical (unpaired) electrons. The molecule has 1 N–H and O–H groups in total. The Hall–Kier alpha value is -0.570. The topological polar surface area (TPSA) is 38.3 Å². The molecule has 0 aromatic carbocycles. The number of piperidine rings is 1. The fraction of sp³-hybridized carbons (Fsp3) is 0.923. The van der Waals surface area contributed by atoms with Crippen molar-refractivity contribution in [3.8, 4) is 0 Å². The summed E-state index contributed by atoms with van der Waals surface area (Å²) < 4.78 is 5.44. The fourth-order valence-corrected chi connectivity index (χ4v) is 2.79. The van der Waals surface area contributed by atoms with Crippen molar-refractivity contribution in [3.05, 3.63) is 0 Å². The SMILES string of the molecule is CC(C)(C)OC(=O)C1CC2(CCC2)CCN1. The molecular weight excluding hydrogens is 202 g/mol. The summed E-state index contributed by atoms with van der Waals surface area (Å²) in [4.78, 5) is 12.0. The standard InChI is InChI=1S/C13H23NO2/c1-12(2,3)16-11(15)10-9-13(5-4-6-13)7-8-14-10/h10,14H,4-9H2,1-3H3. The Bertz CT molecular complexity index is 276. The molecule has 0 aromatic rings. The van der Waals surface area contributed by atoms with E-state index in [4.69, 9.17) is 4.74 Å². The zero-order chi connectivity index (χ0) is 11.8. The van der Waals surface area contributed by atoms with Crippen molar-refractivity contribution in [3.63, 3.8) is 0 Å². The first-order valence-electron chi connectivity index (χ1n) is 6.37. The molecule has 1 aliphatic heterocycles. The molecule has 2 rings (SSSR count). The third kappa shape index (κ3) is 2.57. The molecule has 1 spiro atoms. The van der Waals surface area contributed by atoms with Crippen molar-refractivity contribution in [2.45, 2.75) is 64.5 Å². The lowest BCUT2D eigenvalue weighted by molar-refractivity contribution is -0.160. The number of ether oxygens (including phenoxy) is 1. The van der Waals surface area contributed by atoms with Crippen LogP contribution < -0.4 is 5.32 Å². The molecule has 16 heavy (non-hydrogen) atoms. The average molecular weight is 225 g/mol. The first kappa shape index (κ1) is 11.9. The minimum absolute atomic E-state index is 0.0709. The molecule has 3 heteroatoms. The fourth-order valence-electron chi connectivity index (χ4n) is 2.79. The molecule has 0 amide bonds. The van der Waals surface area contributed by atoms with Crippen LogP contribution in [0.5, 0.6) is 0 Å². The van der Waals surface area contributed by atoms with Crippen molar-refractivity contribution < 1.29 is 9.53 Å². The minimum Gasteiger partial charge on any atom is -0.459 e. The first-order valence-corrected chi connectivity index (χ1v) is 6.37. The van der Waals surface area contributed by atoms with Gasteiger partial charge in [0.1, 0.15) is 11.6 Å². The van der Waals surface area contributed by atoms with Crippen LogP contribution >= 0.6 is 0 Å². The van der Waals surface area contributed by atoms with Crippen molar-refractivity contribution in [1.29, 1.82) is 0 Å². The Morgan fingerprint density at radius 3 is 2.50 bits per heavy atom. The molecule has 1 saturated carbocycles. The van der Waals surface area contributed by atoms with Crippen LogP contribution in [0.3, 0.4) is 0 Å². The maximum atomic E-state index is 12.0. The Morgan fingerprint density at radius 1 is 1.31 bits per heavy atom. The van der Waals surface area contributed by atoms with E-state index in [1.807, 2.05) is 20.8 Å². The maximum absolute atomic E-state index is 12.0. The smallest absolute Gasteiger partial charge is 0.323 e. The quantitative estimate of drug-likeness (QED) is 0.696. The lowest BCUT2D eigenvalue weighted by Gasteiger charge is -2.47. The van der Waals surface area contributed by atoms with Gasteiger partial charge in [-0.05, 0) is 58.4 Å². The van der Waals surface area contributed by atoms with Gasteiger partial charge < -0.3 is 10.1 Å². The molecule has 3 nitrogen and oxygen atoms in total. The second kappa shape index (κ2) is 4.02. The van der Waals surface area contributed by atoms with Crippen LogP contribution in [0.2, 0.25) is 0 Å². The van der Waals surface area contributed by atoms with Gasteiger partial charge in [-0.15, -0.1) is 0 Å². The molecule has 2 aliphatic rings. The summed E-state index contributed by atoms with van der Waals surface area (Å²) in [5, 5.41) is 3.29. The van der Waals surface area contributed by atoms with Crippen LogP contribution in [0, 0.1) is 5.41 Å². The number of carbonyl (C=O) groups is 1. The van der Waals surface area contributed by atoms with Gasteiger partial charge in [0.2, 0.25) is 0 Å². The molecule has 2 fully saturated rings. The maximum Gasteiger partial charge on any atom is 0.323 e. The van der Waals surface area contributed by atoms with E-state index in [1.165, 1.54) is 25.7 Å². The lowest BCUT2D eigenvalue weighted by Crippen LogP contribution is -2.52. The summed E-state index contributed by atoms with van der Waals surface area (Å²) in [7, 11) is 0. The van der Waals surface area contributed by atoms with E-state index in [2.05, 4.69) is 5.32 Å². The Labute approximate surface area is 97.9 Å². The molecule has 0 bridgehead atoms. The number of hydrogen-bond acceptors (Lipinski definition) is 3. The van der Waals surface area contributed by atoms with Crippen LogP contribution in [-0.4, -0.2) is 24.2 Å². The summed E-state index contributed by atoms with van der Waals surface area (Å²) in [5.74, 6) is -0.0709. The zero-order valence-electron chi connectivity index (χ0n) is 10.6. The molecular formula is C13H23NO2. The molecule has 1 aliphatic carbocycles. The highest BCUT2D eigenvalue weighted by molar-refractivity contribution is 5.76. The highest BCUT2D eigenvalue weighted by Crippen LogP contribution is 2.49. The van der Waals surface area contributed by atoms with E-state index in [-0.39, 0.29) is 17.6 Å². The van der Waals surface area contributed by atoms with Crippen LogP contribution in [0.4, 0.5) is 0 Å². The number of carbonyl (C=O) groups excluding carboxylic acids is 1. The summed E-state index contributed by atoms with van der Waals surface area (Å²) in [6.45, 7) is 6.73. The average Bonchev–Trinajstić information content (AvgIpc) is 2.13. The van der Waals surface area contributed by atoms with E-state index in [0.29, 0.717) is 5.41 Å². The van der Waals surface area contributed by atoms with Crippen LogP contribution in [0.15, 0.2) is 0 Å². The number of nitrogens with one attached hydrogen (secondary N) is 1. The minimum atomic E-state index is -0.372. The van der Waals surface area contributed by atoms with Gasteiger partial charge in [-0.25, -0.2) is 0 Å². The van der Waals surface area contributed by atoms with Crippen molar-refractivity contribution in [2.24, 2.45) is 5.41 Å². The van der Waals surface area contributed by atoms with Crippen molar-refractivity contribution in [2.75, 3.05) is 6.54 Å². The predicted octanol–water partition coefficient (Wildman–Crippen LogP) is 2.25.